The number of likely N-dealkylation sites (tertiary alicyclic amines) is 1. The maximum absolute atomic E-state index is 13.2. The van der Waals surface area contributed by atoms with Crippen LogP contribution in [0.1, 0.15) is 38.7 Å². The molecule has 0 unspecified atom stereocenters. The molecule has 3 atom stereocenters. The Morgan fingerprint density at radius 2 is 2.08 bits per heavy atom. The van der Waals surface area contributed by atoms with Gasteiger partial charge >= 0.3 is 0 Å². The third-order valence-electron chi connectivity index (χ3n) is 5.04. The standard InChI is InChI=1S/C20H28N2O3/c1-14(2)11-18(25-13-15-7-4-3-5-8-15)20(24)22-10-6-9-16-19(22)17(23)12-21-16/h3-5,7-8,14,16,18-19,21H,6,9-13H2,1-2H3/t16-,18+,19+/m1/s1. The van der Waals surface area contributed by atoms with Gasteiger partial charge in [-0.1, -0.05) is 44.2 Å². The summed E-state index contributed by atoms with van der Waals surface area (Å²) in [6.07, 6.45) is 2.06. The maximum atomic E-state index is 13.2. The van der Waals surface area contributed by atoms with Crippen molar-refractivity contribution in [1.82, 2.24) is 10.2 Å². The Morgan fingerprint density at radius 1 is 1.32 bits per heavy atom. The molecule has 2 aliphatic rings. The molecule has 0 bridgehead atoms. The van der Waals surface area contributed by atoms with E-state index in [1.165, 1.54) is 0 Å². The van der Waals surface area contributed by atoms with Crippen molar-refractivity contribution in [3.63, 3.8) is 0 Å². The summed E-state index contributed by atoms with van der Waals surface area (Å²) < 4.78 is 6.01. The molecule has 1 aromatic rings. The number of Topliss-reactive ketones (excluding diaryl/α,β-unsaturated/α-hetero) is 1. The number of rotatable bonds is 6. The van der Waals surface area contributed by atoms with Crippen LogP contribution < -0.4 is 5.32 Å². The summed E-state index contributed by atoms with van der Waals surface area (Å²) in [5.41, 5.74) is 1.05. The van der Waals surface area contributed by atoms with Crippen molar-refractivity contribution in [2.24, 2.45) is 5.92 Å². The number of hydrogen-bond donors (Lipinski definition) is 1. The average molecular weight is 344 g/mol. The number of piperidine rings is 1. The van der Waals surface area contributed by atoms with Gasteiger partial charge in [0.2, 0.25) is 0 Å². The molecule has 0 aliphatic carbocycles. The first-order valence-corrected chi connectivity index (χ1v) is 9.28. The molecule has 5 nitrogen and oxygen atoms in total. The first-order chi connectivity index (χ1) is 12.1. The number of carbonyl (C=O) groups is 2. The van der Waals surface area contributed by atoms with Gasteiger partial charge < -0.3 is 15.0 Å². The lowest BCUT2D eigenvalue weighted by atomic mass is 9.95. The zero-order valence-corrected chi connectivity index (χ0v) is 15.1. The van der Waals surface area contributed by atoms with Gasteiger partial charge in [-0.15, -0.1) is 0 Å². The molecular formula is C20H28N2O3. The maximum Gasteiger partial charge on any atom is 0.252 e. The van der Waals surface area contributed by atoms with E-state index < -0.39 is 6.10 Å². The third-order valence-corrected chi connectivity index (χ3v) is 5.04. The van der Waals surface area contributed by atoms with Crippen LogP contribution in [-0.4, -0.2) is 47.9 Å². The van der Waals surface area contributed by atoms with E-state index in [9.17, 15) is 9.59 Å². The zero-order chi connectivity index (χ0) is 17.8. The van der Waals surface area contributed by atoms with Gasteiger partial charge in [-0.2, -0.15) is 0 Å². The largest absolute Gasteiger partial charge is 0.364 e. The lowest BCUT2D eigenvalue weighted by Gasteiger charge is -2.38. The van der Waals surface area contributed by atoms with Crippen LogP contribution in [0.3, 0.4) is 0 Å². The van der Waals surface area contributed by atoms with Crippen molar-refractivity contribution in [2.75, 3.05) is 13.1 Å². The van der Waals surface area contributed by atoms with Crippen molar-refractivity contribution in [1.29, 1.82) is 0 Å². The summed E-state index contributed by atoms with van der Waals surface area (Å²) in [4.78, 5) is 27.2. The van der Waals surface area contributed by atoms with Crippen LogP contribution >= 0.6 is 0 Å². The van der Waals surface area contributed by atoms with E-state index in [1.807, 2.05) is 30.3 Å². The number of nitrogens with one attached hydrogen (secondary N) is 1. The normalized spacial score (nSPS) is 24.4. The number of fused-ring (bicyclic) bond motifs is 1. The minimum Gasteiger partial charge on any atom is -0.364 e. The van der Waals surface area contributed by atoms with Crippen LogP contribution in [0.25, 0.3) is 0 Å². The molecule has 2 heterocycles. The molecule has 5 heteroatoms. The molecule has 0 spiro atoms. The lowest BCUT2D eigenvalue weighted by Crippen LogP contribution is -2.56. The summed E-state index contributed by atoms with van der Waals surface area (Å²) in [7, 11) is 0. The molecule has 2 saturated heterocycles. The van der Waals surface area contributed by atoms with Gasteiger partial charge in [-0.25, -0.2) is 0 Å². The van der Waals surface area contributed by atoms with Gasteiger partial charge in [-0.3, -0.25) is 9.59 Å². The van der Waals surface area contributed by atoms with Crippen molar-refractivity contribution < 1.29 is 14.3 Å². The third kappa shape index (κ3) is 4.28. The first kappa shape index (κ1) is 18.1. The highest BCUT2D eigenvalue weighted by Crippen LogP contribution is 2.25. The summed E-state index contributed by atoms with van der Waals surface area (Å²) >= 11 is 0. The Balaban J connectivity index is 1.70. The summed E-state index contributed by atoms with van der Waals surface area (Å²) in [6.45, 7) is 5.62. The van der Waals surface area contributed by atoms with Crippen molar-refractivity contribution in [2.45, 2.75) is 57.9 Å². The number of ketones is 1. The molecule has 1 amide bonds. The highest BCUT2D eigenvalue weighted by atomic mass is 16.5. The minimum atomic E-state index is -0.493. The van der Waals surface area contributed by atoms with Gasteiger partial charge in [-0.05, 0) is 30.7 Å². The summed E-state index contributed by atoms with van der Waals surface area (Å²) in [6, 6.07) is 9.70. The number of benzene rings is 1. The van der Waals surface area contributed by atoms with E-state index in [1.54, 1.807) is 4.90 Å². The SMILES string of the molecule is CC(C)C[C@H](OCc1ccccc1)C(=O)N1CCC[C@H]2NCC(=O)[C@H]21. The molecule has 1 N–H and O–H groups in total. The highest BCUT2D eigenvalue weighted by Gasteiger charge is 2.44. The van der Waals surface area contributed by atoms with Gasteiger partial charge in [0, 0.05) is 12.6 Å². The van der Waals surface area contributed by atoms with Crippen molar-refractivity contribution in [3.05, 3.63) is 35.9 Å². The second kappa shape index (κ2) is 8.11. The number of nitrogens with zero attached hydrogens (tertiary/aromatic N) is 1. The number of carbonyl (C=O) groups excluding carboxylic acids is 2. The Kier molecular flexibility index (Phi) is 5.86. The van der Waals surface area contributed by atoms with E-state index in [-0.39, 0.29) is 23.8 Å². The van der Waals surface area contributed by atoms with Crippen molar-refractivity contribution >= 4 is 11.7 Å². The smallest absolute Gasteiger partial charge is 0.252 e. The predicted molar refractivity (Wildman–Crippen MR) is 96.0 cm³/mol. The second-order valence-electron chi connectivity index (χ2n) is 7.49. The number of ether oxygens (including phenoxy) is 1. The van der Waals surface area contributed by atoms with Crippen LogP contribution in [0.5, 0.6) is 0 Å². The molecule has 136 valence electrons. The molecule has 2 fully saturated rings. The van der Waals surface area contributed by atoms with Crippen molar-refractivity contribution in [3.8, 4) is 0 Å². The Labute approximate surface area is 149 Å². The van der Waals surface area contributed by atoms with E-state index in [2.05, 4.69) is 19.2 Å². The summed E-state index contributed by atoms with van der Waals surface area (Å²) in [5.74, 6) is 0.448. The van der Waals surface area contributed by atoms with Gasteiger partial charge in [0.15, 0.2) is 5.78 Å². The Morgan fingerprint density at radius 3 is 2.80 bits per heavy atom. The zero-order valence-electron chi connectivity index (χ0n) is 15.1. The van der Waals surface area contributed by atoms with Crippen LogP contribution in [0, 0.1) is 5.92 Å². The molecule has 3 rings (SSSR count). The molecule has 0 saturated carbocycles. The van der Waals surface area contributed by atoms with E-state index >= 15 is 0 Å². The average Bonchev–Trinajstić information content (AvgIpc) is 3.00. The van der Waals surface area contributed by atoms with Crippen LogP contribution in [0.2, 0.25) is 0 Å². The second-order valence-corrected chi connectivity index (χ2v) is 7.49. The van der Waals surface area contributed by atoms with Gasteiger partial charge in [0.1, 0.15) is 12.1 Å². The van der Waals surface area contributed by atoms with E-state index in [0.29, 0.717) is 32.0 Å². The quantitative estimate of drug-likeness (QED) is 0.859. The topological polar surface area (TPSA) is 58.6 Å². The molecule has 2 aliphatic heterocycles. The fraction of sp³-hybridized carbons (Fsp3) is 0.600. The van der Waals surface area contributed by atoms with Crippen LogP contribution in [0.4, 0.5) is 0 Å². The molecule has 0 radical (unpaired) electrons. The van der Waals surface area contributed by atoms with Gasteiger partial charge in [0.25, 0.3) is 5.91 Å². The number of hydrogen-bond acceptors (Lipinski definition) is 4. The minimum absolute atomic E-state index is 0.0311. The summed E-state index contributed by atoms with van der Waals surface area (Å²) in [5, 5.41) is 3.25. The fourth-order valence-corrected chi connectivity index (χ4v) is 3.82. The molecule has 25 heavy (non-hydrogen) atoms. The van der Waals surface area contributed by atoms with E-state index in [0.717, 1.165) is 18.4 Å². The molecular weight excluding hydrogens is 316 g/mol. The fourth-order valence-electron chi connectivity index (χ4n) is 3.82. The Hall–Kier alpha value is -1.72. The van der Waals surface area contributed by atoms with E-state index in [4.69, 9.17) is 4.74 Å². The van der Waals surface area contributed by atoms with Gasteiger partial charge in [0.05, 0.1) is 13.2 Å². The molecule has 0 aromatic heterocycles. The molecule has 1 aromatic carbocycles. The predicted octanol–water partition coefficient (Wildman–Crippen LogP) is 2.15. The van der Waals surface area contributed by atoms with Crippen LogP contribution in [-0.2, 0) is 20.9 Å². The Bertz CT molecular complexity index is 602. The van der Waals surface area contributed by atoms with Crippen LogP contribution in [0.15, 0.2) is 30.3 Å². The lowest BCUT2D eigenvalue weighted by molar-refractivity contribution is -0.152. The monoisotopic (exact) mass is 344 g/mol. The number of amides is 1. The highest BCUT2D eigenvalue weighted by molar-refractivity contribution is 5.94. The first-order valence-electron chi connectivity index (χ1n) is 9.28.